The Bertz CT molecular complexity index is 1090. The first-order valence-corrected chi connectivity index (χ1v) is 12.1. The minimum atomic E-state index is 0.594. The maximum atomic E-state index is 5.47. The van der Waals surface area contributed by atoms with Gasteiger partial charge in [-0.3, -0.25) is 4.90 Å². The van der Waals surface area contributed by atoms with Crippen molar-refractivity contribution in [2.75, 3.05) is 84.8 Å². The molecule has 2 heterocycles. The monoisotopic (exact) mass is 480 g/mol. The second kappa shape index (κ2) is 11.9. The summed E-state index contributed by atoms with van der Waals surface area (Å²) in [6.45, 7) is 6.96. The molecule has 0 atom stereocenters. The number of nitrogens with one attached hydrogen (secondary N) is 2. The van der Waals surface area contributed by atoms with E-state index in [1.807, 2.05) is 30.3 Å². The number of hydrogen-bond acceptors (Lipinski definition) is 9. The Balaban J connectivity index is 1.41. The van der Waals surface area contributed by atoms with E-state index in [1.54, 1.807) is 21.3 Å². The van der Waals surface area contributed by atoms with Crippen LogP contribution in [-0.4, -0.2) is 94.0 Å². The summed E-state index contributed by atoms with van der Waals surface area (Å²) in [6.07, 6.45) is 0.749. The van der Waals surface area contributed by atoms with Crippen LogP contribution in [0.5, 0.6) is 17.2 Å². The van der Waals surface area contributed by atoms with E-state index in [1.165, 1.54) is 0 Å². The first kappa shape index (κ1) is 24.8. The average Bonchev–Trinajstić information content (AvgIpc) is 2.89. The van der Waals surface area contributed by atoms with Crippen LogP contribution < -0.4 is 24.8 Å². The van der Waals surface area contributed by atoms with Crippen LogP contribution in [0.2, 0.25) is 0 Å². The first-order valence-electron chi connectivity index (χ1n) is 12.1. The van der Waals surface area contributed by atoms with Crippen LogP contribution in [0, 0.1) is 0 Å². The molecule has 0 saturated carbocycles. The van der Waals surface area contributed by atoms with E-state index in [-0.39, 0.29) is 0 Å². The Labute approximate surface area is 207 Å². The van der Waals surface area contributed by atoms with Gasteiger partial charge in [0, 0.05) is 51.2 Å². The van der Waals surface area contributed by atoms with Gasteiger partial charge >= 0.3 is 0 Å². The fourth-order valence-electron chi connectivity index (χ4n) is 4.29. The minimum Gasteiger partial charge on any atom is -0.493 e. The van der Waals surface area contributed by atoms with Crippen LogP contribution in [-0.2, 0) is 6.42 Å². The average molecular weight is 481 g/mol. The van der Waals surface area contributed by atoms with Crippen molar-refractivity contribution in [3.05, 3.63) is 42.0 Å². The molecule has 4 rings (SSSR count). The van der Waals surface area contributed by atoms with Gasteiger partial charge in [-0.1, -0.05) is 12.1 Å². The van der Waals surface area contributed by atoms with Crippen molar-refractivity contribution in [2.45, 2.75) is 6.42 Å². The number of benzene rings is 2. The number of hydrogen-bond donors (Lipinski definition) is 2. The molecule has 1 aromatic heterocycles. The summed E-state index contributed by atoms with van der Waals surface area (Å²) >= 11 is 0. The molecule has 3 aromatic rings. The number of likely N-dealkylation sites (N-methyl/N-ethyl adjacent to an activating group) is 1. The van der Waals surface area contributed by atoms with E-state index in [2.05, 4.69) is 33.5 Å². The molecule has 0 unspecified atom stereocenters. The molecule has 0 radical (unpaired) electrons. The summed E-state index contributed by atoms with van der Waals surface area (Å²) in [6, 6.07) is 12.0. The fraction of sp³-hybridized carbons (Fsp3) is 0.462. The first-order chi connectivity index (χ1) is 17.1. The van der Waals surface area contributed by atoms with Gasteiger partial charge in [-0.15, -0.1) is 0 Å². The molecule has 1 aliphatic rings. The van der Waals surface area contributed by atoms with E-state index >= 15 is 0 Å². The number of fused-ring (bicyclic) bond motifs is 1. The number of rotatable bonds is 11. The lowest BCUT2D eigenvalue weighted by molar-refractivity contribution is 0.158. The largest absolute Gasteiger partial charge is 0.493 e. The summed E-state index contributed by atoms with van der Waals surface area (Å²) in [5.41, 5.74) is 1.98. The molecule has 2 N–H and O–H groups in total. The number of piperazine rings is 1. The summed E-state index contributed by atoms with van der Waals surface area (Å²) in [5, 5.41) is 7.96. The van der Waals surface area contributed by atoms with Crippen molar-refractivity contribution in [3.63, 3.8) is 0 Å². The molecule has 0 amide bonds. The molecule has 1 aliphatic heterocycles. The number of anilines is 2. The molecule has 1 saturated heterocycles. The third-order valence-corrected chi connectivity index (χ3v) is 6.34. The van der Waals surface area contributed by atoms with E-state index in [0.717, 1.165) is 68.0 Å². The zero-order valence-electron chi connectivity index (χ0n) is 21.1. The highest BCUT2D eigenvalue weighted by atomic mass is 16.5. The normalized spacial score (nSPS) is 14.6. The molecule has 9 heteroatoms. The van der Waals surface area contributed by atoms with Crippen LogP contribution in [0.3, 0.4) is 0 Å². The lowest BCUT2D eigenvalue weighted by Gasteiger charge is -2.32. The highest BCUT2D eigenvalue weighted by Crippen LogP contribution is 2.38. The van der Waals surface area contributed by atoms with Crippen LogP contribution in [0.1, 0.15) is 5.56 Å². The van der Waals surface area contributed by atoms with E-state index < -0.39 is 0 Å². The van der Waals surface area contributed by atoms with Gasteiger partial charge in [0.15, 0.2) is 11.5 Å². The molecule has 35 heavy (non-hydrogen) atoms. The molecule has 9 nitrogen and oxygen atoms in total. The molecule has 0 aliphatic carbocycles. The van der Waals surface area contributed by atoms with Crippen LogP contribution in [0.15, 0.2) is 36.4 Å². The quantitative estimate of drug-likeness (QED) is 0.430. The zero-order chi connectivity index (χ0) is 24.6. The van der Waals surface area contributed by atoms with Crippen molar-refractivity contribution in [1.82, 2.24) is 19.8 Å². The lowest BCUT2D eigenvalue weighted by Crippen LogP contribution is -2.45. The standard InChI is InChI=1S/C26H36N6O3/c1-31-13-15-32(16-14-31)12-11-27-25-20-7-5-6-8-21(20)29-26(30-25)28-10-9-19-17-22(33-2)24(35-4)23(18-19)34-3/h5-8,17-18H,9-16H2,1-4H3,(H2,27,28,29,30). The third kappa shape index (κ3) is 6.23. The second-order valence-corrected chi connectivity index (χ2v) is 8.70. The third-order valence-electron chi connectivity index (χ3n) is 6.34. The van der Waals surface area contributed by atoms with Crippen LogP contribution in [0.4, 0.5) is 11.8 Å². The van der Waals surface area contributed by atoms with Gasteiger partial charge in [0.1, 0.15) is 5.82 Å². The molecule has 188 valence electrons. The Hall–Kier alpha value is -3.30. The van der Waals surface area contributed by atoms with Gasteiger partial charge in [0.2, 0.25) is 11.7 Å². The zero-order valence-corrected chi connectivity index (χ0v) is 21.1. The molecule has 0 bridgehead atoms. The molecule has 2 aromatic carbocycles. The molecule has 0 spiro atoms. The van der Waals surface area contributed by atoms with E-state index in [9.17, 15) is 0 Å². The van der Waals surface area contributed by atoms with Crippen molar-refractivity contribution >= 4 is 22.7 Å². The van der Waals surface area contributed by atoms with E-state index in [0.29, 0.717) is 29.7 Å². The van der Waals surface area contributed by atoms with Gasteiger partial charge in [-0.2, -0.15) is 4.98 Å². The topological polar surface area (TPSA) is 84.0 Å². The van der Waals surface area contributed by atoms with Crippen molar-refractivity contribution in [3.8, 4) is 17.2 Å². The Kier molecular flexibility index (Phi) is 8.44. The highest BCUT2D eigenvalue weighted by Gasteiger charge is 2.15. The Morgan fingerprint density at radius 2 is 1.57 bits per heavy atom. The van der Waals surface area contributed by atoms with Gasteiger partial charge in [0.25, 0.3) is 0 Å². The maximum absolute atomic E-state index is 5.47. The van der Waals surface area contributed by atoms with Crippen molar-refractivity contribution < 1.29 is 14.2 Å². The number of ether oxygens (including phenoxy) is 3. The van der Waals surface area contributed by atoms with Crippen molar-refractivity contribution in [1.29, 1.82) is 0 Å². The van der Waals surface area contributed by atoms with E-state index in [4.69, 9.17) is 24.2 Å². The summed E-state index contributed by atoms with van der Waals surface area (Å²) in [5.74, 6) is 3.36. The smallest absolute Gasteiger partial charge is 0.225 e. The fourth-order valence-corrected chi connectivity index (χ4v) is 4.29. The van der Waals surface area contributed by atoms with Crippen LogP contribution in [0.25, 0.3) is 10.9 Å². The SMILES string of the molecule is COc1cc(CCNc2nc(NCCN3CCN(C)CC3)c3ccccc3n2)cc(OC)c1OC. The highest BCUT2D eigenvalue weighted by molar-refractivity contribution is 5.90. The Morgan fingerprint density at radius 1 is 0.857 bits per heavy atom. The molecule has 1 fully saturated rings. The van der Waals surface area contributed by atoms with Crippen LogP contribution >= 0.6 is 0 Å². The summed E-state index contributed by atoms with van der Waals surface area (Å²) in [7, 11) is 7.04. The second-order valence-electron chi connectivity index (χ2n) is 8.70. The maximum Gasteiger partial charge on any atom is 0.225 e. The number of para-hydroxylation sites is 1. The predicted molar refractivity (Wildman–Crippen MR) is 140 cm³/mol. The summed E-state index contributed by atoms with van der Waals surface area (Å²) < 4.78 is 16.4. The number of nitrogens with zero attached hydrogens (tertiary/aromatic N) is 4. The van der Waals surface area contributed by atoms with Gasteiger partial charge in [-0.05, 0) is 43.3 Å². The Morgan fingerprint density at radius 3 is 2.26 bits per heavy atom. The van der Waals surface area contributed by atoms with Gasteiger partial charge < -0.3 is 29.7 Å². The molecular formula is C26H36N6O3. The molecular weight excluding hydrogens is 444 g/mol. The minimum absolute atomic E-state index is 0.594. The van der Waals surface area contributed by atoms with Gasteiger partial charge in [0.05, 0.1) is 26.8 Å². The van der Waals surface area contributed by atoms with Crippen molar-refractivity contribution in [2.24, 2.45) is 0 Å². The predicted octanol–water partition coefficient (Wildman–Crippen LogP) is 2.97. The summed E-state index contributed by atoms with van der Waals surface area (Å²) in [4.78, 5) is 14.4. The lowest BCUT2D eigenvalue weighted by atomic mass is 10.1. The number of aromatic nitrogens is 2. The van der Waals surface area contributed by atoms with Gasteiger partial charge in [-0.25, -0.2) is 4.98 Å². The number of methoxy groups -OCH3 is 3.